The first-order valence-electron chi connectivity index (χ1n) is 13.2. The van der Waals surface area contributed by atoms with Crippen LogP contribution < -0.4 is 0 Å². The molecule has 3 aromatic rings. The first-order valence-corrected chi connectivity index (χ1v) is 13.2. The normalized spacial score (nSPS) is 19.5. The highest BCUT2D eigenvalue weighted by molar-refractivity contribution is 5.83. The fraction of sp³-hybridized carbons (Fsp3) is 0.552. The zero-order valence-corrected chi connectivity index (χ0v) is 20.5. The van der Waals surface area contributed by atoms with Crippen LogP contribution in [0, 0.1) is 0 Å². The molecule has 33 heavy (non-hydrogen) atoms. The van der Waals surface area contributed by atoms with Gasteiger partial charge in [-0.1, -0.05) is 38.1 Å². The molecule has 0 saturated carbocycles. The Kier molecular flexibility index (Phi) is 7.13. The topological polar surface area (TPSA) is 24.3 Å². The third kappa shape index (κ3) is 5.02. The molecule has 4 heteroatoms. The van der Waals surface area contributed by atoms with Crippen molar-refractivity contribution in [2.24, 2.45) is 0 Å². The molecule has 1 aromatic carbocycles. The lowest BCUT2D eigenvalue weighted by Crippen LogP contribution is -2.42. The summed E-state index contributed by atoms with van der Waals surface area (Å²) in [7, 11) is 0. The highest BCUT2D eigenvalue weighted by atomic mass is 15.2. The summed E-state index contributed by atoms with van der Waals surface area (Å²) in [5.41, 5.74) is 5.80. The van der Waals surface area contributed by atoms with Crippen LogP contribution in [0.15, 0.2) is 48.9 Å². The van der Waals surface area contributed by atoms with E-state index in [0.29, 0.717) is 6.04 Å². The molecule has 2 aliphatic rings. The molecule has 0 atom stereocenters. The van der Waals surface area contributed by atoms with Crippen molar-refractivity contribution in [3.8, 4) is 0 Å². The number of pyridine rings is 1. The first kappa shape index (κ1) is 22.6. The second-order valence-corrected chi connectivity index (χ2v) is 10.1. The van der Waals surface area contributed by atoms with Gasteiger partial charge in [-0.2, -0.15) is 0 Å². The fourth-order valence-corrected chi connectivity index (χ4v) is 5.97. The minimum Gasteiger partial charge on any atom is -0.344 e. The van der Waals surface area contributed by atoms with Crippen molar-refractivity contribution in [3.63, 3.8) is 0 Å². The second kappa shape index (κ2) is 10.4. The van der Waals surface area contributed by atoms with E-state index >= 15 is 0 Å². The van der Waals surface area contributed by atoms with Crippen molar-refractivity contribution in [2.45, 2.75) is 64.3 Å². The summed E-state index contributed by atoms with van der Waals surface area (Å²) in [6, 6.07) is 12.2. The monoisotopic (exact) mass is 444 g/mol. The van der Waals surface area contributed by atoms with Crippen LogP contribution in [-0.4, -0.2) is 58.6 Å². The molecule has 4 nitrogen and oxygen atoms in total. The standard InChI is InChI=1S/C29H40N4/c1-3-23-5-7-25(8-6-23)26-10-15-31(16-11-26)19-20-32-17-12-27(13-18-32)33-22-24(4-2)28-21-30-14-9-29(28)33/h5-9,14,21-22,26-27H,3-4,10-13,15-20H2,1-2H3. The molecule has 2 fully saturated rings. The van der Waals surface area contributed by atoms with Crippen molar-refractivity contribution in [3.05, 3.63) is 65.6 Å². The Morgan fingerprint density at radius 3 is 2.12 bits per heavy atom. The van der Waals surface area contributed by atoms with Gasteiger partial charge in [0.05, 0.1) is 5.52 Å². The third-order valence-electron chi connectivity index (χ3n) is 8.23. The van der Waals surface area contributed by atoms with Gasteiger partial charge in [-0.15, -0.1) is 0 Å². The van der Waals surface area contributed by atoms with Crippen LogP contribution >= 0.6 is 0 Å². The van der Waals surface area contributed by atoms with Crippen LogP contribution in [0.2, 0.25) is 0 Å². The molecular weight excluding hydrogens is 404 g/mol. The van der Waals surface area contributed by atoms with Crippen molar-refractivity contribution in [1.82, 2.24) is 19.4 Å². The van der Waals surface area contributed by atoms with Crippen LogP contribution in [0.4, 0.5) is 0 Å². The average molecular weight is 445 g/mol. The van der Waals surface area contributed by atoms with Gasteiger partial charge in [-0.25, -0.2) is 0 Å². The smallest absolute Gasteiger partial charge is 0.0516 e. The summed E-state index contributed by atoms with van der Waals surface area (Å²) in [6.07, 6.45) is 13.7. The maximum Gasteiger partial charge on any atom is 0.0516 e. The zero-order chi connectivity index (χ0) is 22.6. The van der Waals surface area contributed by atoms with E-state index in [4.69, 9.17) is 0 Å². The van der Waals surface area contributed by atoms with Crippen molar-refractivity contribution >= 4 is 10.9 Å². The Morgan fingerprint density at radius 1 is 0.818 bits per heavy atom. The summed E-state index contributed by atoms with van der Waals surface area (Å²) in [4.78, 5) is 9.76. The van der Waals surface area contributed by atoms with Crippen LogP contribution in [0.5, 0.6) is 0 Å². The maximum atomic E-state index is 4.36. The predicted octanol–water partition coefficient (Wildman–Crippen LogP) is 5.68. The Bertz CT molecular complexity index is 1020. The number of piperidine rings is 2. The lowest BCUT2D eigenvalue weighted by Gasteiger charge is -2.36. The average Bonchev–Trinajstić information content (AvgIpc) is 3.27. The summed E-state index contributed by atoms with van der Waals surface area (Å²) >= 11 is 0. The Balaban J connectivity index is 1.08. The highest BCUT2D eigenvalue weighted by Gasteiger charge is 2.24. The van der Waals surface area contributed by atoms with Gasteiger partial charge in [0.15, 0.2) is 0 Å². The van der Waals surface area contributed by atoms with Gasteiger partial charge in [-0.3, -0.25) is 4.98 Å². The summed E-state index contributed by atoms with van der Waals surface area (Å²) < 4.78 is 2.55. The van der Waals surface area contributed by atoms with E-state index in [1.807, 2.05) is 12.4 Å². The van der Waals surface area contributed by atoms with Crippen LogP contribution in [0.3, 0.4) is 0 Å². The van der Waals surface area contributed by atoms with Crippen LogP contribution in [0.1, 0.15) is 68.2 Å². The molecule has 2 aliphatic heterocycles. The lowest BCUT2D eigenvalue weighted by molar-refractivity contribution is 0.144. The van der Waals surface area contributed by atoms with Gasteiger partial charge >= 0.3 is 0 Å². The van der Waals surface area contributed by atoms with E-state index < -0.39 is 0 Å². The first-order chi connectivity index (χ1) is 16.2. The number of rotatable bonds is 7. The quantitative estimate of drug-likeness (QED) is 0.469. The number of hydrogen-bond acceptors (Lipinski definition) is 3. The lowest BCUT2D eigenvalue weighted by atomic mass is 9.89. The molecule has 0 radical (unpaired) electrons. The van der Waals surface area contributed by atoms with Gasteiger partial charge in [0, 0.05) is 56.2 Å². The Hall–Kier alpha value is -2.17. The molecule has 176 valence electrons. The van der Waals surface area contributed by atoms with Crippen LogP contribution in [-0.2, 0) is 12.8 Å². The predicted molar refractivity (Wildman–Crippen MR) is 138 cm³/mol. The molecule has 5 rings (SSSR count). The van der Waals surface area contributed by atoms with E-state index in [2.05, 4.69) is 69.7 Å². The highest BCUT2D eigenvalue weighted by Crippen LogP contribution is 2.31. The van der Waals surface area contributed by atoms with Gasteiger partial charge in [0.25, 0.3) is 0 Å². The van der Waals surface area contributed by atoms with E-state index in [1.165, 1.54) is 87.0 Å². The van der Waals surface area contributed by atoms with Gasteiger partial charge in [0.2, 0.25) is 0 Å². The second-order valence-electron chi connectivity index (χ2n) is 10.1. The molecular formula is C29H40N4. The van der Waals surface area contributed by atoms with Gasteiger partial charge in [-0.05, 0) is 80.3 Å². The molecule has 0 unspecified atom stereocenters. The SMILES string of the molecule is CCc1ccc(C2CCN(CCN3CCC(n4cc(CC)c5cnccc54)CC3)CC2)cc1. The molecule has 4 heterocycles. The number of benzene rings is 1. The number of nitrogens with zero attached hydrogens (tertiary/aromatic N) is 4. The van der Waals surface area contributed by atoms with Crippen molar-refractivity contribution < 1.29 is 0 Å². The minimum atomic E-state index is 0.626. The van der Waals surface area contributed by atoms with E-state index in [1.54, 1.807) is 5.56 Å². The molecule has 0 bridgehead atoms. The maximum absolute atomic E-state index is 4.36. The van der Waals surface area contributed by atoms with E-state index in [9.17, 15) is 0 Å². The number of likely N-dealkylation sites (tertiary alicyclic amines) is 2. The van der Waals surface area contributed by atoms with E-state index in [0.717, 1.165) is 18.8 Å². The number of aryl methyl sites for hydroxylation is 2. The molecule has 0 spiro atoms. The summed E-state index contributed by atoms with van der Waals surface area (Å²) in [6.45, 7) is 11.9. The number of fused-ring (bicyclic) bond motifs is 1. The summed E-state index contributed by atoms with van der Waals surface area (Å²) in [5.74, 6) is 0.752. The van der Waals surface area contributed by atoms with Crippen molar-refractivity contribution in [2.75, 3.05) is 39.3 Å². The van der Waals surface area contributed by atoms with Crippen molar-refractivity contribution in [1.29, 1.82) is 0 Å². The van der Waals surface area contributed by atoms with Crippen LogP contribution in [0.25, 0.3) is 10.9 Å². The Morgan fingerprint density at radius 2 is 1.48 bits per heavy atom. The molecule has 2 aromatic heterocycles. The fourth-order valence-electron chi connectivity index (χ4n) is 5.97. The summed E-state index contributed by atoms with van der Waals surface area (Å²) in [5, 5.41) is 1.34. The molecule has 0 N–H and O–H groups in total. The Labute approximate surface area is 199 Å². The third-order valence-corrected chi connectivity index (χ3v) is 8.23. The largest absolute Gasteiger partial charge is 0.344 e. The number of aromatic nitrogens is 2. The number of hydrogen-bond donors (Lipinski definition) is 0. The molecule has 0 aliphatic carbocycles. The van der Waals surface area contributed by atoms with Gasteiger partial charge < -0.3 is 14.4 Å². The zero-order valence-electron chi connectivity index (χ0n) is 20.5. The molecule has 0 amide bonds. The van der Waals surface area contributed by atoms with Gasteiger partial charge in [0.1, 0.15) is 0 Å². The molecule has 2 saturated heterocycles. The van der Waals surface area contributed by atoms with E-state index in [-0.39, 0.29) is 0 Å². The minimum absolute atomic E-state index is 0.626.